The average Bonchev–Trinajstić information content (AvgIpc) is 2.20. The van der Waals surface area contributed by atoms with E-state index in [2.05, 4.69) is 19.4 Å². The Bertz CT molecular complexity index is 147. The van der Waals surface area contributed by atoms with Crippen LogP contribution in [0.4, 0.5) is 0 Å². The fourth-order valence-electron chi connectivity index (χ4n) is 0.312. The number of hydrogen-bond donors (Lipinski definition) is 0. The predicted octanol–water partition coefficient (Wildman–Crippen LogP) is 1.37. The first-order valence-corrected chi connectivity index (χ1v) is 4.24. The van der Waals surface area contributed by atoms with Crippen LogP contribution in [0.2, 0.25) is 0 Å². The van der Waals surface area contributed by atoms with Gasteiger partial charge in [0.2, 0.25) is 0 Å². The molecule has 1 rings (SSSR count). The summed E-state index contributed by atoms with van der Waals surface area (Å²) in [6.45, 7) is 5.94. The molecule has 0 radical (unpaired) electrons. The van der Waals surface area contributed by atoms with E-state index in [1.165, 1.54) is 0 Å². The van der Waals surface area contributed by atoms with Gasteiger partial charge in [0, 0.05) is 0 Å². The van der Waals surface area contributed by atoms with E-state index in [1.54, 1.807) is 11.3 Å². The molecule has 9 heavy (non-hydrogen) atoms. The molecule has 0 spiro atoms. The Morgan fingerprint density at radius 3 is 2.00 bits per heavy atom. The molecule has 0 saturated carbocycles. The highest BCUT2D eigenvalue weighted by atomic mass is 32.1. The molecule has 4 heteroatoms. The summed E-state index contributed by atoms with van der Waals surface area (Å²) in [5.74, 6) is 0. The molecular formula is C5H11N2PS. The van der Waals surface area contributed by atoms with Gasteiger partial charge in [-0.15, -0.1) is 10.2 Å². The van der Waals surface area contributed by atoms with Gasteiger partial charge in [0.1, 0.15) is 9.76 Å². The molecule has 0 fully saturated rings. The average molecular weight is 162 g/mol. The monoisotopic (exact) mass is 162 g/mol. The maximum atomic E-state index is 3.76. The molecule has 0 saturated heterocycles. The lowest BCUT2D eigenvalue weighted by Crippen LogP contribution is -1.83. The van der Waals surface area contributed by atoms with E-state index in [-0.39, 0.29) is 0 Å². The van der Waals surface area contributed by atoms with E-state index >= 15 is 0 Å². The van der Waals surface area contributed by atoms with Crippen molar-refractivity contribution in [1.29, 1.82) is 0 Å². The predicted molar refractivity (Wildman–Crippen MR) is 45.3 cm³/mol. The normalized spacial score (nSPS) is 8.00. The lowest BCUT2D eigenvalue weighted by molar-refractivity contribution is 1.07. The van der Waals surface area contributed by atoms with Crippen LogP contribution in [0.25, 0.3) is 0 Å². The molecule has 1 aromatic heterocycles. The Morgan fingerprint density at radius 1 is 1.33 bits per heavy atom. The fraction of sp³-hybridized carbons (Fsp3) is 0.600. The molecule has 0 aliphatic carbocycles. The Morgan fingerprint density at radius 2 is 1.89 bits per heavy atom. The van der Waals surface area contributed by atoms with Crippen molar-refractivity contribution in [3.05, 3.63) is 5.01 Å². The summed E-state index contributed by atoms with van der Waals surface area (Å²) in [5, 5.41) is 8.53. The van der Waals surface area contributed by atoms with Crippen molar-refractivity contribution in [2.24, 2.45) is 0 Å². The smallest absolute Gasteiger partial charge is 0.133 e. The van der Waals surface area contributed by atoms with Crippen LogP contribution in [-0.4, -0.2) is 10.2 Å². The van der Waals surface area contributed by atoms with Crippen LogP contribution in [0.15, 0.2) is 0 Å². The first-order chi connectivity index (χ1) is 4.29. The van der Waals surface area contributed by atoms with Crippen molar-refractivity contribution in [1.82, 2.24) is 10.2 Å². The van der Waals surface area contributed by atoms with E-state index in [0.29, 0.717) is 0 Å². The Hall–Kier alpha value is -0.0100. The maximum Gasteiger partial charge on any atom is 0.133 e. The molecule has 1 aromatic rings. The van der Waals surface area contributed by atoms with Gasteiger partial charge in [0.05, 0.1) is 0 Å². The summed E-state index contributed by atoms with van der Waals surface area (Å²) in [7, 11) is 2.49. The van der Waals surface area contributed by atoms with Gasteiger partial charge in [-0.05, 0) is 6.92 Å². The van der Waals surface area contributed by atoms with Gasteiger partial charge in [-0.3, -0.25) is 0 Å². The van der Waals surface area contributed by atoms with Crippen molar-refractivity contribution in [2.45, 2.75) is 20.8 Å². The zero-order valence-corrected chi connectivity index (χ0v) is 7.85. The molecule has 52 valence electrons. The number of rotatable bonds is 0. The molecule has 0 aromatic carbocycles. The summed E-state index contributed by atoms with van der Waals surface area (Å²) >= 11 is 1.58. The third-order valence-corrected chi connectivity index (χ3v) is 1.68. The first-order valence-electron chi connectivity index (χ1n) is 2.84. The summed E-state index contributed by atoms with van der Waals surface area (Å²) in [6, 6.07) is 0. The summed E-state index contributed by atoms with van der Waals surface area (Å²) in [5.41, 5.74) is 0. The lowest BCUT2D eigenvalue weighted by Gasteiger charge is -1.65. The molecule has 0 aliphatic heterocycles. The van der Waals surface area contributed by atoms with Gasteiger partial charge in [-0.25, -0.2) is 0 Å². The second-order valence-electron chi connectivity index (χ2n) is 1.16. The topological polar surface area (TPSA) is 25.8 Å². The fourth-order valence-corrected chi connectivity index (χ4v) is 1.35. The minimum atomic E-state index is 0.956. The number of hydrogen-bond acceptors (Lipinski definition) is 3. The van der Waals surface area contributed by atoms with Crippen molar-refractivity contribution in [3.8, 4) is 0 Å². The van der Waals surface area contributed by atoms with Gasteiger partial charge in [0.25, 0.3) is 0 Å². The van der Waals surface area contributed by atoms with Gasteiger partial charge < -0.3 is 0 Å². The Balaban J connectivity index is 0.000000291. The minimum absolute atomic E-state index is 0.956. The lowest BCUT2D eigenvalue weighted by atomic mass is 10.9. The Kier molecular flexibility index (Phi) is 4.83. The van der Waals surface area contributed by atoms with E-state index in [1.807, 2.05) is 20.8 Å². The zero-order valence-electron chi connectivity index (χ0n) is 5.88. The van der Waals surface area contributed by atoms with Gasteiger partial charge >= 0.3 is 0 Å². The van der Waals surface area contributed by atoms with Crippen LogP contribution in [0.1, 0.15) is 18.9 Å². The SMILES string of the molecule is CC.Cc1nnc(P)s1. The first kappa shape index (κ1) is 8.99. The Labute approximate surface area is 61.9 Å². The highest BCUT2D eigenvalue weighted by Gasteiger charge is 1.88. The van der Waals surface area contributed by atoms with Crippen molar-refractivity contribution in [3.63, 3.8) is 0 Å². The summed E-state index contributed by atoms with van der Waals surface area (Å²) in [4.78, 5) is 0. The second kappa shape index (κ2) is 4.83. The molecule has 2 nitrogen and oxygen atoms in total. The van der Waals surface area contributed by atoms with Gasteiger partial charge in [0.15, 0.2) is 0 Å². The standard InChI is InChI=1S/C3H5N2PS.C2H6/c1-2-4-5-3(6)7-2;1-2/h6H2,1H3;1-2H3. The number of aromatic nitrogens is 2. The van der Waals surface area contributed by atoms with E-state index < -0.39 is 0 Å². The molecule has 0 bridgehead atoms. The van der Waals surface area contributed by atoms with Crippen LogP contribution in [0, 0.1) is 6.92 Å². The van der Waals surface area contributed by atoms with E-state index in [0.717, 1.165) is 9.76 Å². The van der Waals surface area contributed by atoms with Crippen LogP contribution in [0.3, 0.4) is 0 Å². The van der Waals surface area contributed by atoms with Gasteiger partial charge in [-0.1, -0.05) is 34.4 Å². The van der Waals surface area contributed by atoms with Crippen molar-refractivity contribution >= 4 is 25.3 Å². The van der Waals surface area contributed by atoms with Crippen molar-refractivity contribution in [2.75, 3.05) is 0 Å². The summed E-state index contributed by atoms with van der Waals surface area (Å²) in [6.07, 6.45) is 0. The minimum Gasteiger partial charge on any atom is -0.143 e. The molecule has 0 aliphatic rings. The van der Waals surface area contributed by atoms with Crippen LogP contribution in [-0.2, 0) is 0 Å². The molecule has 1 atom stereocenters. The van der Waals surface area contributed by atoms with Crippen LogP contribution in [0.5, 0.6) is 0 Å². The molecule has 1 unspecified atom stereocenters. The quantitative estimate of drug-likeness (QED) is 0.538. The third-order valence-electron chi connectivity index (χ3n) is 0.542. The number of nitrogens with zero attached hydrogens (tertiary/aromatic N) is 2. The van der Waals surface area contributed by atoms with E-state index in [9.17, 15) is 0 Å². The second-order valence-corrected chi connectivity index (χ2v) is 3.34. The molecule has 0 N–H and O–H groups in total. The van der Waals surface area contributed by atoms with E-state index in [4.69, 9.17) is 0 Å². The highest BCUT2D eigenvalue weighted by Crippen LogP contribution is 1.97. The van der Waals surface area contributed by atoms with Crippen LogP contribution < -0.4 is 4.75 Å². The largest absolute Gasteiger partial charge is 0.143 e. The maximum absolute atomic E-state index is 3.76. The van der Waals surface area contributed by atoms with Gasteiger partial charge in [-0.2, -0.15) is 0 Å². The third kappa shape index (κ3) is 3.55. The summed E-state index contributed by atoms with van der Waals surface area (Å²) < 4.78 is 0.956. The molecular weight excluding hydrogens is 151 g/mol. The van der Waals surface area contributed by atoms with Crippen molar-refractivity contribution < 1.29 is 0 Å². The number of aryl methyl sites for hydroxylation is 1. The van der Waals surface area contributed by atoms with Crippen LogP contribution >= 0.6 is 20.6 Å². The molecule has 0 amide bonds. The molecule has 1 heterocycles. The highest BCUT2D eigenvalue weighted by molar-refractivity contribution is 7.42. The zero-order chi connectivity index (χ0) is 7.28.